The van der Waals surface area contributed by atoms with Crippen LogP contribution in [0.2, 0.25) is 0 Å². The molecule has 0 aromatic rings. The van der Waals surface area contributed by atoms with Crippen molar-refractivity contribution < 1.29 is 22.0 Å². The van der Waals surface area contributed by atoms with Crippen molar-refractivity contribution in [3.05, 3.63) is 12.2 Å². The molecule has 0 spiro atoms. The van der Waals surface area contributed by atoms with Crippen molar-refractivity contribution >= 4 is 0 Å². The van der Waals surface area contributed by atoms with E-state index in [-0.39, 0.29) is 13.1 Å². The van der Waals surface area contributed by atoms with Crippen molar-refractivity contribution in [2.75, 3.05) is 13.1 Å². The maximum atomic E-state index is 13.5. The molecule has 1 nitrogen and oxygen atoms in total. The smallest absolute Gasteiger partial charge is 0.287 e. The fourth-order valence-corrected chi connectivity index (χ4v) is 1.88. The molecular weight excluding hydrogens is 229 g/mol. The van der Waals surface area contributed by atoms with E-state index < -0.39 is 23.7 Å². The maximum absolute atomic E-state index is 13.5. The summed E-state index contributed by atoms with van der Waals surface area (Å²) in [4.78, 5) is 0.800. The van der Waals surface area contributed by atoms with Gasteiger partial charge in [0.05, 0.1) is 0 Å². The van der Waals surface area contributed by atoms with Crippen molar-refractivity contribution in [1.82, 2.24) is 4.90 Å². The van der Waals surface area contributed by atoms with Crippen LogP contribution in [0.3, 0.4) is 0 Å². The summed E-state index contributed by atoms with van der Waals surface area (Å²) in [6.07, 6.45) is -3.88. The van der Waals surface area contributed by atoms with E-state index in [9.17, 15) is 22.0 Å². The zero-order valence-electron chi connectivity index (χ0n) is 8.95. The summed E-state index contributed by atoms with van der Waals surface area (Å²) >= 11 is 0. The van der Waals surface area contributed by atoms with Gasteiger partial charge in [-0.25, -0.2) is 0 Å². The molecule has 1 aliphatic rings. The van der Waals surface area contributed by atoms with Gasteiger partial charge in [0.15, 0.2) is 6.04 Å². The number of rotatable bonds is 3. The number of nitrogens with zero attached hydrogens (tertiary/aromatic N) is 1. The van der Waals surface area contributed by atoms with Gasteiger partial charge in [0, 0.05) is 0 Å². The normalized spacial score (nSPS) is 21.1. The Morgan fingerprint density at radius 1 is 1.12 bits per heavy atom. The Kier molecular flexibility index (Phi) is 3.62. The second-order valence-corrected chi connectivity index (χ2v) is 4.09. The highest BCUT2D eigenvalue weighted by atomic mass is 19.4. The molecule has 1 aliphatic heterocycles. The molecule has 1 rings (SSSR count). The molecule has 0 aromatic heterocycles. The van der Waals surface area contributed by atoms with Crippen LogP contribution in [-0.4, -0.2) is 36.1 Å². The van der Waals surface area contributed by atoms with E-state index in [1.54, 1.807) is 0 Å². The van der Waals surface area contributed by atoms with Crippen LogP contribution in [0.5, 0.6) is 0 Å². The minimum Gasteiger partial charge on any atom is -0.287 e. The average molecular weight is 243 g/mol. The molecule has 1 fully saturated rings. The SMILES string of the molecule is C=C(C)C(F)(F)C(N1CCCC1)C(F)(F)F. The Morgan fingerprint density at radius 2 is 1.56 bits per heavy atom. The first-order valence-electron chi connectivity index (χ1n) is 5.02. The van der Waals surface area contributed by atoms with Gasteiger partial charge >= 0.3 is 6.18 Å². The van der Waals surface area contributed by atoms with E-state index in [0.29, 0.717) is 12.8 Å². The van der Waals surface area contributed by atoms with Gasteiger partial charge in [0.1, 0.15) is 0 Å². The molecule has 0 aromatic carbocycles. The largest absolute Gasteiger partial charge is 0.410 e. The van der Waals surface area contributed by atoms with E-state index in [1.807, 2.05) is 0 Å². The molecule has 1 heterocycles. The van der Waals surface area contributed by atoms with Crippen molar-refractivity contribution in [2.45, 2.75) is 37.9 Å². The topological polar surface area (TPSA) is 3.24 Å². The first kappa shape index (κ1) is 13.4. The molecule has 0 bridgehead atoms. The van der Waals surface area contributed by atoms with Crippen molar-refractivity contribution in [3.63, 3.8) is 0 Å². The van der Waals surface area contributed by atoms with Crippen LogP contribution < -0.4 is 0 Å². The monoisotopic (exact) mass is 243 g/mol. The summed E-state index contributed by atoms with van der Waals surface area (Å²) in [5.41, 5.74) is -0.748. The number of likely N-dealkylation sites (tertiary alicyclic amines) is 1. The van der Waals surface area contributed by atoms with E-state index in [4.69, 9.17) is 0 Å². The van der Waals surface area contributed by atoms with Gasteiger partial charge in [-0.2, -0.15) is 22.0 Å². The molecule has 0 N–H and O–H groups in total. The Morgan fingerprint density at radius 3 is 1.88 bits per heavy atom. The Bertz CT molecular complexity index is 265. The molecule has 1 atom stereocenters. The molecular formula is C10H14F5N. The molecule has 94 valence electrons. The van der Waals surface area contributed by atoms with Crippen molar-refractivity contribution in [3.8, 4) is 0 Å². The second-order valence-electron chi connectivity index (χ2n) is 4.09. The fourth-order valence-electron chi connectivity index (χ4n) is 1.88. The van der Waals surface area contributed by atoms with Gasteiger partial charge < -0.3 is 0 Å². The van der Waals surface area contributed by atoms with Gasteiger partial charge in [-0.05, 0) is 38.4 Å². The molecule has 6 heteroatoms. The minimum absolute atomic E-state index is 0.0625. The summed E-state index contributed by atoms with van der Waals surface area (Å²) in [6.45, 7) is 4.01. The van der Waals surface area contributed by atoms with Gasteiger partial charge in [0.2, 0.25) is 0 Å². The number of halogens is 5. The molecule has 0 aliphatic carbocycles. The van der Waals surface area contributed by atoms with Gasteiger partial charge in [0.25, 0.3) is 5.92 Å². The zero-order valence-corrected chi connectivity index (χ0v) is 8.95. The predicted molar refractivity (Wildman–Crippen MR) is 50.4 cm³/mol. The molecule has 0 saturated carbocycles. The average Bonchev–Trinajstić information content (AvgIpc) is 2.53. The van der Waals surface area contributed by atoms with Crippen LogP contribution >= 0.6 is 0 Å². The van der Waals surface area contributed by atoms with E-state index in [1.165, 1.54) is 0 Å². The second kappa shape index (κ2) is 4.31. The number of alkyl halides is 5. The Hall–Kier alpha value is -0.650. The van der Waals surface area contributed by atoms with E-state index in [2.05, 4.69) is 6.58 Å². The van der Waals surface area contributed by atoms with E-state index in [0.717, 1.165) is 11.8 Å². The lowest BCUT2D eigenvalue weighted by molar-refractivity contribution is -0.233. The third-order valence-corrected chi connectivity index (χ3v) is 2.73. The summed E-state index contributed by atoms with van der Waals surface area (Å²) in [7, 11) is 0. The van der Waals surface area contributed by atoms with Crippen LogP contribution in [0.15, 0.2) is 12.2 Å². The van der Waals surface area contributed by atoms with Gasteiger partial charge in [-0.3, -0.25) is 4.90 Å². The summed E-state index contributed by atoms with van der Waals surface area (Å²) in [6, 6.07) is -2.74. The van der Waals surface area contributed by atoms with Crippen LogP contribution in [0.25, 0.3) is 0 Å². The Labute approximate surface area is 90.9 Å². The minimum atomic E-state index is -4.94. The van der Waals surface area contributed by atoms with Crippen LogP contribution in [0.1, 0.15) is 19.8 Å². The van der Waals surface area contributed by atoms with E-state index >= 15 is 0 Å². The molecule has 0 radical (unpaired) electrons. The van der Waals surface area contributed by atoms with Crippen LogP contribution in [0, 0.1) is 0 Å². The van der Waals surface area contributed by atoms with Crippen molar-refractivity contribution in [2.24, 2.45) is 0 Å². The van der Waals surface area contributed by atoms with Crippen LogP contribution in [0.4, 0.5) is 22.0 Å². The maximum Gasteiger partial charge on any atom is 0.410 e. The highest BCUT2D eigenvalue weighted by molar-refractivity contribution is 5.12. The van der Waals surface area contributed by atoms with Gasteiger partial charge in [-0.15, -0.1) is 0 Å². The third-order valence-electron chi connectivity index (χ3n) is 2.73. The number of hydrogen-bond acceptors (Lipinski definition) is 1. The fraction of sp³-hybridized carbons (Fsp3) is 0.800. The van der Waals surface area contributed by atoms with Crippen molar-refractivity contribution in [1.29, 1.82) is 0 Å². The van der Waals surface area contributed by atoms with Crippen LogP contribution in [-0.2, 0) is 0 Å². The van der Waals surface area contributed by atoms with Gasteiger partial charge in [-0.1, -0.05) is 6.58 Å². The molecule has 16 heavy (non-hydrogen) atoms. The highest BCUT2D eigenvalue weighted by Crippen LogP contribution is 2.40. The lowest BCUT2D eigenvalue weighted by Crippen LogP contribution is -2.55. The summed E-state index contributed by atoms with van der Waals surface area (Å²) in [5, 5.41) is 0. The first-order chi connectivity index (χ1) is 7.17. The molecule has 1 saturated heterocycles. The standard InChI is InChI=1S/C10H14F5N/c1-7(2)9(11,12)8(10(13,14)15)16-5-3-4-6-16/h8H,1,3-6H2,2H3. The quantitative estimate of drug-likeness (QED) is 0.543. The lowest BCUT2D eigenvalue weighted by Gasteiger charge is -2.35. The Balaban J connectivity index is 3.00. The first-order valence-corrected chi connectivity index (χ1v) is 5.02. The zero-order chi connectivity index (χ0) is 12.6. The molecule has 1 unspecified atom stereocenters. The highest BCUT2D eigenvalue weighted by Gasteiger charge is 2.59. The third kappa shape index (κ3) is 2.53. The lowest BCUT2D eigenvalue weighted by atomic mass is 10.0. The number of hydrogen-bond donors (Lipinski definition) is 0. The summed E-state index contributed by atoms with van der Waals surface area (Å²) < 4.78 is 65.0. The summed E-state index contributed by atoms with van der Waals surface area (Å²) in [5.74, 6) is -3.93. The molecule has 0 amide bonds. The predicted octanol–water partition coefficient (Wildman–Crippen LogP) is 3.22.